The lowest BCUT2D eigenvalue weighted by Gasteiger charge is -2.39. The third-order valence-corrected chi connectivity index (χ3v) is 5.62. The first-order valence-corrected chi connectivity index (χ1v) is 9.98. The number of rotatable bonds is 5. The van der Waals surface area contributed by atoms with Crippen molar-refractivity contribution in [3.05, 3.63) is 71.9 Å². The van der Waals surface area contributed by atoms with Gasteiger partial charge in [0.2, 0.25) is 5.91 Å². The molecule has 1 saturated heterocycles. The first kappa shape index (κ1) is 19.2. The topological polar surface area (TPSA) is 68.4 Å². The number of para-hydroxylation sites is 1. The van der Waals surface area contributed by atoms with Crippen LogP contribution in [0.25, 0.3) is 10.9 Å². The van der Waals surface area contributed by atoms with Crippen LogP contribution in [-0.4, -0.2) is 65.9 Å². The predicted molar refractivity (Wildman–Crippen MR) is 114 cm³/mol. The number of benzene rings is 2. The fourth-order valence-corrected chi connectivity index (χ4v) is 3.84. The molecule has 6 nitrogen and oxygen atoms in total. The Kier molecular flexibility index (Phi) is 5.62. The monoisotopic (exact) mass is 390 g/mol. The van der Waals surface area contributed by atoms with Crippen molar-refractivity contribution < 1.29 is 9.59 Å². The average molecular weight is 390 g/mol. The molecule has 0 aliphatic carbocycles. The number of H-pyrrole nitrogens is 1. The Morgan fingerprint density at radius 2 is 1.83 bits per heavy atom. The standard InChI is InChI=1S/C23H26N4O2/c1-26-11-12-27(16-19(26)13-17-7-3-2-4-8-17)22(28)15-24-23(29)21-14-18-9-5-6-10-20(18)25-21/h2-10,14,19,25H,11-13,15-16H2,1H3,(H,24,29). The molecule has 2 aromatic carbocycles. The molecule has 4 rings (SSSR count). The summed E-state index contributed by atoms with van der Waals surface area (Å²) in [6.45, 7) is 2.20. The number of carbonyl (C=O) groups is 2. The van der Waals surface area contributed by atoms with Crippen LogP contribution in [0.2, 0.25) is 0 Å². The molecule has 2 heterocycles. The summed E-state index contributed by atoms with van der Waals surface area (Å²) < 4.78 is 0. The largest absolute Gasteiger partial charge is 0.351 e. The molecule has 2 N–H and O–H groups in total. The van der Waals surface area contributed by atoms with Gasteiger partial charge in [-0.15, -0.1) is 0 Å². The summed E-state index contributed by atoms with van der Waals surface area (Å²) in [5.41, 5.74) is 2.65. The zero-order valence-corrected chi connectivity index (χ0v) is 16.6. The molecular weight excluding hydrogens is 364 g/mol. The molecule has 6 heteroatoms. The highest BCUT2D eigenvalue weighted by Crippen LogP contribution is 2.15. The molecule has 0 saturated carbocycles. The van der Waals surface area contributed by atoms with E-state index in [9.17, 15) is 9.59 Å². The lowest BCUT2D eigenvalue weighted by Crippen LogP contribution is -2.55. The summed E-state index contributed by atoms with van der Waals surface area (Å²) in [6, 6.07) is 20.1. The Labute approximate surface area is 170 Å². The normalized spacial score (nSPS) is 17.4. The van der Waals surface area contributed by atoms with Gasteiger partial charge in [0.05, 0.1) is 6.54 Å². The van der Waals surface area contributed by atoms with Gasteiger partial charge in [-0.1, -0.05) is 48.5 Å². The third-order valence-electron chi connectivity index (χ3n) is 5.62. The van der Waals surface area contributed by atoms with Gasteiger partial charge in [-0.05, 0) is 31.2 Å². The summed E-state index contributed by atoms with van der Waals surface area (Å²) in [5, 5.41) is 3.74. The molecule has 29 heavy (non-hydrogen) atoms. The molecule has 3 aromatic rings. The van der Waals surface area contributed by atoms with E-state index in [-0.39, 0.29) is 24.4 Å². The van der Waals surface area contributed by atoms with E-state index in [1.165, 1.54) is 5.56 Å². The molecule has 1 unspecified atom stereocenters. The zero-order chi connectivity index (χ0) is 20.2. The highest BCUT2D eigenvalue weighted by molar-refractivity contribution is 5.99. The van der Waals surface area contributed by atoms with Crippen LogP contribution >= 0.6 is 0 Å². The van der Waals surface area contributed by atoms with E-state index >= 15 is 0 Å². The highest BCUT2D eigenvalue weighted by Gasteiger charge is 2.27. The summed E-state index contributed by atoms with van der Waals surface area (Å²) in [5.74, 6) is -0.301. The van der Waals surface area contributed by atoms with E-state index in [2.05, 4.69) is 34.4 Å². The fraction of sp³-hybridized carbons (Fsp3) is 0.304. The molecule has 2 amide bonds. The van der Waals surface area contributed by atoms with Crippen molar-refractivity contribution in [2.45, 2.75) is 12.5 Å². The number of nitrogens with zero attached hydrogens (tertiary/aromatic N) is 2. The minimum atomic E-state index is -0.260. The van der Waals surface area contributed by atoms with Gasteiger partial charge in [0.1, 0.15) is 5.69 Å². The molecule has 1 aliphatic heterocycles. The van der Waals surface area contributed by atoms with Gasteiger partial charge in [-0.2, -0.15) is 0 Å². The molecular formula is C23H26N4O2. The van der Waals surface area contributed by atoms with Crippen molar-refractivity contribution in [1.82, 2.24) is 20.1 Å². The Morgan fingerprint density at radius 3 is 2.62 bits per heavy atom. The van der Waals surface area contributed by atoms with Crippen molar-refractivity contribution in [3.63, 3.8) is 0 Å². The Morgan fingerprint density at radius 1 is 1.07 bits per heavy atom. The number of hydrogen-bond acceptors (Lipinski definition) is 3. The number of amides is 2. The maximum atomic E-state index is 12.7. The van der Waals surface area contributed by atoms with Crippen LogP contribution in [0.1, 0.15) is 16.1 Å². The Hall–Kier alpha value is -3.12. The second kappa shape index (κ2) is 8.49. The molecule has 1 atom stereocenters. The molecule has 0 bridgehead atoms. The number of fused-ring (bicyclic) bond motifs is 1. The van der Waals surface area contributed by atoms with Crippen LogP contribution in [0.5, 0.6) is 0 Å². The molecule has 0 spiro atoms. The van der Waals surface area contributed by atoms with Crippen molar-refractivity contribution in [1.29, 1.82) is 0 Å². The number of aromatic amines is 1. The predicted octanol–water partition coefficient (Wildman–Crippen LogP) is 2.28. The van der Waals surface area contributed by atoms with Gasteiger partial charge in [-0.3, -0.25) is 14.5 Å². The summed E-state index contributed by atoms with van der Waals surface area (Å²) in [4.78, 5) is 32.4. The number of aromatic nitrogens is 1. The summed E-state index contributed by atoms with van der Waals surface area (Å²) in [7, 11) is 2.10. The van der Waals surface area contributed by atoms with Crippen LogP contribution < -0.4 is 5.32 Å². The number of piperazine rings is 1. The van der Waals surface area contributed by atoms with E-state index in [1.807, 2.05) is 47.4 Å². The SMILES string of the molecule is CN1CCN(C(=O)CNC(=O)c2cc3ccccc3[nH]2)CC1Cc1ccccc1. The summed E-state index contributed by atoms with van der Waals surface area (Å²) >= 11 is 0. The van der Waals surface area contributed by atoms with Crippen LogP contribution in [0.4, 0.5) is 0 Å². The minimum absolute atomic E-state index is 0.00989. The van der Waals surface area contributed by atoms with Crippen molar-refractivity contribution in [2.75, 3.05) is 33.2 Å². The number of likely N-dealkylation sites (N-methyl/N-ethyl adjacent to an activating group) is 1. The number of hydrogen-bond donors (Lipinski definition) is 2. The van der Waals surface area contributed by atoms with Gasteiger partial charge in [0, 0.05) is 36.6 Å². The fourth-order valence-electron chi connectivity index (χ4n) is 3.84. The molecule has 1 aromatic heterocycles. The highest BCUT2D eigenvalue weighted by atomic mass is 16.2. The van der Waals surface area contributed by atoms with E-state index < -0.39 is 0 Å². The Bertz CT molecular complexity index is 965. The number of carbonyl (C=O) groups excluding carboxylic acids is 2. The summed E-state index contributed by atoms with van der Waals surface area (Å²) in [6.07, 6.45) is 0.905. The van der Waals surface area contributed by atoms with Crippen molar-refractivity contribution in [2.24, 2.45) is 0 Å². The van der Waals surface area contributed by atoms with Crippen molar-refractivity contribution in [3.8, 4) is 0 Å². The van der Waals surface area contributed by atoms with Gasteiger partial charge in [-0.25, -0.2) is 0 Å². The quantitative estimate of drug-likeness (QED) is 0.702. The van der Waals surface area contributed by atoms with Crippen LogP contribution in [0.15, 0.2) is 60.7 Å². The van der Waals surface area contributed by atoms with Crippen LogP contribution in [0.3, 0.4) is 0 Å². The third kappa shape index (κ3) is 4.49. The second-order valence-corrected chi connectivity index (χ2v) is 7.62. The smallest absolute Gasteiger partial charge is 0.268 e. The lowest BCUT2D eigenvalue weighted by molar-refractivity contribution is -0.132. The second-order valence-electron chi connectivity index (χ2n) is 7.62. The molecule has 0 radical (unpaired) electrons. The van der Waals surface area contributed by atoms with E-state index in [0.717, 1.165) is 23.9 Å². The first-order chi connectivity index (χ1) is 14.1. The minimum Gasteiger partial charge on any atom is -0.351 e. The molecule has 1 aliphatic rings. The van der Waals surface area contributed by atoms with Crippen molar-refractivity contribution >= 4 is 22.7 Å². The maximum Gasteiger partial charge on any atom is 0.268 e. The van der Waals surface area contributed by atoms with Crippen LogP contribution in [0, 0.1) is 0 Å². The average Bonchev–Trinajstić information content (AvgIpc) is 3.18. The maximum absolute atomic E-state index is 12.7. The van der Waals surface area contributed by atoms with E-state index in [1.54, 1.807) is 6.07 Å². The van der Waals surface area contributed by atoms with Gasteiger partial charge < -0.3 is 15.2 Å². The van der Waals surface area contributed by atoms with Crippen LogP contribution in [-0.2, 0) is 11.2 Å². The van der Waals surface area contributed by atoms with Gasteiger partial charge in [0.15, 0.2) is 0 Å². The Balaban J connectivity index is 1.33. The molecule has 150 valence electrons. The lowest BCUT2D eigenvalue weighted by atomic mass is 10.0. The van der Waals surface area contributed by atoms with Gasteiger partial charge >= 0.3 is 0 Å². The van der Waals surface area contributed by atoms with E-state index in [4.69, 9.17) is 0 Å². The zero-order valence-electron chi connectivity index (χ0n) is 16.6. The molecule has 1 fully saturated rings. The first-order valence-electron chi connectivity index (χ1n) is 9.98. The van der Waals surface area contributed by atoms with E-state index in [0.29, 0.717) is 18.8 Å². The van der Waals surface area contributed by atoms with Gasteiger partial charge in [0.25, 0.3) is 5.91 Å². The number of nitrogens with one attached hydrogen (secondary N) is 2.